The zero-order chi connectivity index (χ0) is 19.5. The summed E-state index contributed by atoms with van der Waals surface area (Å²) in [7, 11) is 6.64. The Kier molecular flexibility index (Phi) is 12.1. The molecule has 1 aromatic carbocycles. The Morgan fingerprint density at radius 1 is 0.964 bits per heavy atom. The van der Waals surface area contributed by atoms with Gasteiger partial charge in [-0.2, -0.15) is 0 Å². The maximum absolute atomic E-state index is 5.41. The molecule has 0 bridgehead atoms. The number of hydrogen-bond acceptors (Lipinski definition) is 5. The molecule has 0 spiro atoms. The monoisotopic (exact) mass is 506 g/mol. The van der Waals surface area contributed by atoms with Crippen LogP contribution in [0.5, 0.6) is 17.2 Å². The van der Waals surface area contributed by atoms with Crippen molar-refractivity contribution in [2.24, 2.45) is 4.99 Å². The van der Waals surface area contributed by atoms with Gasteiger partial charge in [-0.15, -0.1) is 24.0 Å². The van der Waals surface area contributed by atoms with E-state index in [9.17, 15) is 0 Å². The van der Waals surface area contributed by atoms with E-state index >= 15 is 0 Å². The Bertz CT molecular complexity index is 580. The Labute approximate surface area is 186 Å². The van der Waals surface area contributed by atoms with Crippen molar-refractivity contribution in [1.82, 2.24) is 15.5 Å². The third-order valence-electron chi connectivity index (χ3n) is 4.83. The summed E-state index contributed by atoms with van der Waals surface area (Å²) in [6.45, 7) is 4.96. The number of hydrogen-bond donors (Lipinski definition) is 2. The van der Waals surface area contributed by atoms with E-state index < -0.39 is 0 Å². The summed E-state index contributed by atoms with van der Waals surface area (Å²) in [5.41, 5.74) is 1.03. The molecule has 0 radical (unpaired) electrons. The number of nitrogens with one attached hydrogen (secondary N) is 2. The van der Waals surface area contributed by atoms with E-state index in [0.717, 1.165) is 24.6 Å². The van der Waals surface area contributed by atoms with Crippen LogP contribution in [0.3, 0.4) is 0 Å². The van der Waals surface area contributed by atoms with Crippen molar-refractivity contribution < 1.29 is 14.2 Å². The largest absolute Gasteiger partial charge is 0.493 e. The summed E-state index contributed by atoms with van der Waals surface area (Å²) in [5, 5.41) is 6.74. The maximum Gasteiger partial charge on any atom is 0.203 e. The number of methoxy groups -OCH3 is 3. The summed E-state index contributed by atoms with van der Waals surface area (Å²) >= 11 is 0. The summed E-state index contributed by atoms with van der Waals surface area (Å²) in [4.78, 5) is 6.85. The van der Waals surface area contributed by atoms with Crippen LogP contribution < -0.4 is 24.8 Å². The van der Waals surface area contributed by atoms with Gasteiger partial charge in [0.05, 0.1) is 21.3 Å². The molecule has 0 amide bonds. The van der Waals surface area contributed by atoms with Gasteiger partial charge in [-0.25, -0.2) is 0 Å². The minimum absolute atomic E-state index is 0. The van der Waals surface area contributed by atoms with Gasteiger partial charge in [-0.05, 0) is 43.6 Å². The van der Waals surface area contributed by atoms with Crippen LogP contribution in [-0.4, -0.2) is 65.4 Å². The van der Waals surface area contributed by atoms with Crippen molar-refractivity contribution in [3.63, 3.8) is 0 Å². The molecule has 0 unspecified atom stereocenters. The van der Waals surface area contributed by atoms with Crippen LogP contribution in [0.2, 0.25) is 0 Å². The minimum atomic E-state index is 0. The average Bonchev–Trinajstić information content (AvgIpc) is 2.98. The van der Waals surface area contributed by atoms with Crippen molar-refractivity contribution in [1.29, 1.82) is 0 Å². The van der Waals surface area contributed by atoms with Crippen molar-refractivity contribution >= 4 is 29.9 Å². The quantitative estimate of drug-likeness (QED) is 0.321. The number of rotatable bonds is 8. The van der Waals surface area contributed by atoms with Crippen molar-refractivity contribution in [3.8, 4) is 17.2 Å². The lowest BCUT2D eigenvalue weighted by atomic mass is 10.2. The molecule has 1 aromatic rings. The van der Waals surface area contributed by atoms with Gasteiger partial charge >= 0.3 is 0 Å². The van der Waals surface area contributed by atoms with Gasteiger partial charge in [0.15, 0.2) is 17.5 Å². The molecule has 1 fully saturated rings. The molecule has 2 rings (SSSR count). The number of nitrogens with zero attached hydrogens (tertiary/aromatic N) is 2. The smallest absolute Gasteiger partial charge is 0.203 e. The molecule has 1 aliphatic rings. The zero-order valence-corrected chi connectivity index (χ0v) is 19.9. The number of guanidine groups is 1. The third-order valence-corrected chi connectivity index (χ3v) is 4.83. The van der Waals surface area contributed by atoms with E-state index in [2.05, 4.69) is 20.5 Å². The second kappa shape index (κ2) is 13.7. The molecule has 1 heterocycles. The lowest BCUT2D eigenvalue weighted by Gasteiger charge is -2.21. The molecule has 0 saturated carbocycles. The van der Waals surface area contributed by atoms with Gasteiger partial charge < -0.3 is 29.7 Å². The molecule has 28 heavy (non-hydrogen) atoms. The second-order valence-electron chi connectivity index (χ2n) is 6.64. The van der Waals surface area contributed by atoms with Gasteiger partial charge in [0.1, 0.15) is 0 Å². The first-order valence-corrected chi connectivity index (χ1v) is 9.67. The standard InChI is InChI=1S/C20H34N4O3.HI/c1-21-20(22-9-12-24-10-7-5-6-8-11-24)23-15-16-13-17(25-2)19(27-4)18(14-16)26-3;/h13-14H,5-12,15H2,1-4H3,(H2,21,22,23);1H. The predicted octanol–water partition coefficient (Wildman–Crippen LogP) is 2.87. The van der Waals surface area contributed by atoms with E-state index in [1.165, 1.54) is 38.8 Å². The Hall–Kier alpha value is -1.42. The number of benzene rings is 1. The van der Waals surface area contributed by atoms with E-state index in [1.54, 1.807) is 28.4 Å². The fourth-order valence-corrected chi connectivity index (χ4v) is 3.34. The van der Waals surface area contributed by atoms with Crippen LogP contribution in [0.15, 0.2) is 17.1 Å². The summed E-state index contributed by atoms with van der Waals surface area (Å²) in [6.07, 6.45) is 5.35. The van der Waals surface area contributed by atoms with Gasteiger partial charge in [0.2, 0.25) is 5.75 Å². The first kappa shape index (κ1) is 24.6. The number of halogens is 1. The topological polar surface area (TPSA) is 67.4 Å². The molecular formula is C20H35IN4O3. The van der Waals surface area contributed by atoms with Crippen LogP contribution in [0.4, 0.5) is 0 Å². The molecule has 0 aliphatic carbocycles. The minimum Gasteiger partial charge on any atom is -0.493 e. The van der Waals surface area contributed by atoms with Gasteiger partial charge in [0, 0.05) is 26.7 Å². The first-order valence-electron chi connectivity index (χ1n) is 9.67. The van der Waals surface area contributed by atoms with E-state index in [0.29, 0.717) is 23.8 Å². The van der Waals surface area contributed by atoms with Crippen LogP contribution in [0, 0.1) is 0 Å². The molecule has 0 aromatic heterocycles. The van der Waals surface area contributed by atoms with E-state index in [1.807, 2.05) is 12.1 Å². The van der Waals surface area contributed by atoms with Crippen LogP contribution in [0.25, 0.3) is 0 Å². The predicted molar refractivity (Wildman–Crippen MR) is 125 cm³/mol. The molecule has 160 valence electrons. The fourth-order valence-electron chi connectivity index (χ4n) is 3.34. The first-order chi connectivity index (χ1) is 13.2. The van der Waals surface area contributed by atoms with Gasteiger partial charge in [0.25, 0.3) is 0 Å². The molecule has 1 aliphatic heterocycles. The third kappa shape index (κ3) is 7.54. The molecule has 2 N–H and O–H groups in total. The lowest BCUT2D eigenvalue weighted by molar-refractivity contribution is 0.289. The van der Waals surface area contributed by atoms with E-state index in [4.69, 9.17) is 14.2 Å². The summed E-state index contributed by atoms with van der Waals surface area (Å²) < 4.78 is 16.2. The lowest BCUT2D eigenvalue weighted by Crippen LogP contribution is -2.41. The highest BCUT2D eigenvalue weighted by molar-refractivity contribution is 14.0. The van der Waals surface area contributed by atoms with Gasteiger partial charge in [-0.3, -0.25) is 4.99 Å². The van der Waals surface area contributed by atoms with Crippen molar-refractivity contribution in [2.45, 2.75) is 32.2 Å². The highest BCUT2D eigenvalue weighted by Crippen LogP contribution is 2.38. The average molecular weight is 506 g/mol. The highest BCUT2D eigenvalue weighted by atomic mass is 127. The molecule has 7 nitrogen and oxygen atoms in total. The van der Waals surface area contributed by atoms with Gasteiger partial charge in [-0.1, -0.05) is 12.8 Å². The van der Waals surface area contributed by atoms with Crippen molar-refractivity contribution in [2.75, 3.05) is 54.6 Å². The SMILES string of the molecule is CN=C(NCCN1CCCCCC1)NCc1cc(OC)c(OC)c(OC)c1.I. The van der Waals surface area contributed by atoms with Crippen LogP contribution in [-0.2, 0) is 6.54 Å². The molecule has 8 heteroatoms. The number of ether oxygens (including phenoxy) is 3. The maximum atomic E-state index is 5.41. The highest BCUT2D eigenvalue weighted by Gasteiger charge is 2.13. The molecular weight excluding hydrogens is 471 g/mol. The Morgan fingerprint density at radius 3 is 2.07 bits per heavy atom. The molecule has 0 atom stereocenters. The Balaban J connectivity index is 0.00000392. The summed E-state index contributed by atoms with van der Waals surface area (Å²) in [6, 6.07) is 3.89. The van der Waals surface area contributed by atoms with Crippen molar-refractivity contribution in [3.05, 3.63) is 17.7 Å². The normalized spacial score (nSPS) is 15.2. The number of aliphatic imine (C=N–C) groups is 1. The number of likely N-dealkylation sites (tertiary alicyclic amines) is 1. The fraction of sp³-hybridized carbons (Fsp3) is 0.650. The zero-order valence-electron chi connectivity index (χ0n) is 17.5. The molecule has 1 saturated heterocycles. The second-order valence-corrected chi connectivity index (χ2v) is 6.64. The van der Waals surface area contributed by atoms with Crippen LogP contribution >= 0.6 is 24.0 Å². The van der Waals surface area contributed by atoms with E-state index in [-0.39, 0.29) is 24.0 Å². The summed E-state index contributed by atoms with van der Waals surface area (Å²) in [5.74, 6) is 2.69. The Morgan fingerprint density at radius 2 is 1.57 bits per heavy atom. The van der Waals surface area contributed by atoms with Crippen LogP contribution in [0.1, 0.15) is 31.2 Å².